The second kappa shape index (κ2) is 4.96. The summed E-state index contributed by atoms with van der Waals surface area (Å²) in [6.07, 6.45) is 4.92. The van der Waals surface area contributed by atoms with E-state index in [0.717, 1.165) is 5.69 Å². The second-order valence-corrected chi connectivity index (χ2v) is 4.53. The third-order valence-electron chi connectivity index (χ3n) is 2.67. The molecule has 0 spiro atoms. The Morgan fingerprint density at radius 3 is 2.44 bits per heavy atom. The molecule has 0 bridgehead atoms. The third-order valence-corrected chi connectivity index (χ3v) is 2.67. The van der Waals surface area contributed by atoms with Crippen LogP contribution in [0.2, 0.25) is 0 Å². The lowest BCUT2D eigenvalue weighted by Gasteiger charge is -2.25. The Bertz CT molecular complexity index is 523. The lowest BCUT2D eigenvalue weighted by atomic mass is 9.99. The van der Waals surface area contributed by atoms with Gasteiger partial charge in [0.15, 0.2) is 0 Å². The average molecular weight is 241 g/mol. The summed E-state index contributed by atoms with van der Waals surface area (Å²) in [6.45, 7) is 3.85. The molecule has 1 N–H and O–H groups in total. The summed E-state index contributed by atoms with van der Waals surface area (Å²) in [4.78, 5) is 20.2. The van der Waals surface area contributed by atoms with E-state index < -0.39 is 5.54 Å². The first-order valence-corrected chi connectivity index (χ1v) is 5.74. The van der Waals surface area contributed by atoms with E-state index in [1.165, 1.54) is 0 Å². The van der Waals surface area contributed by atoms with Crippen molar-refractivity contribution in [2.45, 2.75) is 19.4 Å². The lowest BCUT2D eigenvalue weighted by molar-refractivity contribution is 0.0910. The molecule has 0 atom stereocenters. The first-order chi connectivity index (χ1) is 8.59. The fourth-order valence-electron chi connectivity index (χ4n) is 1.66. The second-order valence-electron chi connectivity index (χ2n) is 4.53. The molecule has 0 saturated carbocycles. The molecule has 4 heteroatoms. The van der Waals surface area contributed by atoms with Crippen molar-refractivity contribution in [1.82, 2.24) is 15.3 Å². The van der Waals surface area contributed by atoms with Crippen LogP contribution in [0.4, 0.5) is 0 Å². The number of nitrogens with zero attached hydrogens (tertiary/aromatic N) is 2. The molecule has 1 amide bonds. The predicted molar refractivity (Wildman–Crippen MR) is 69.0 cm³/mol. The van der Waals surface area contributed by atoms with Gasteiger partial charge in [0.2, 0.25) is 0 Å². The zero-order chi connectivity index (χ0) is 13.0. The Morgan fingerprint density at radius 2 is 1.83 bits per heavy atom. The van der Waals surface area contributed by atoms with Crippen molar-refractivity contribution in [2.24, 2.45) is 0 Å². The summed E-state index contributed by atoms with van der Waals surface area (Å²) < 4.78 is 0. The van der Waals surface area contributed by atoms with Gasteiger partial charge in [-0.3, -0.25) is 14.8 Å². The molecule has 18 heavy (non-hydrogen) atoms. The van der Waals surface area contributed by atoms with Gasteiger partial charge in [-0.2, -0.15) is 0 Å². The Hall–Kier alpha value is -2.23. The summed E-state index contributed by atoms with van der Waals surface area (Å²) in [7, 11) is 0. The summed E-state index contributed by atoms with van der Waals surface area (Å²) >= 11 is 0. The molecular formula is C14H15N3O. The Kier molecular flexibility index (Phi) is 3.37. The first kappa shape index (κ1) is 12.2. The van der Waals surface area contributed by atoms with Gasteiger partial charge in [-0.15, -0.1) is 0 Å². The van der Waals surface area contributed by atoms with Gasteiger partial charge in [0.05, 0.1) is 11.2 Å². The molecule has 0 aliphatic rings. The van der Waals surface area contributed by atoms with Crippen LogP contribution < -0.4 is 5.32 Å². The quantitative estimate of drug-likeness (QED) is 0.895. The van der Waals surface area contributed by atoms with E-state index in [1.807, 2.05) is 32.0 Å². The molecule has 0 aliphatic carbocycles. The number of hydrogen-bond acceptors (Lipinski definition) is 3. The van der Waals surface area contributed by atoms with Crippen LogP contribution in [0.1, 0.15) is 29.9 Å². The molecule has 4 nitrogen and oxygen atoms in total. The average Bonchev–Trinajstić information content (AvgIpc) is 2.40. The van der Waals surface area contributed by atoms with E-state index >= 15 is 0 Å². The number of amides is 1. The van der Waals surface area contributed by atoms with E-state index in [2.05, 4.69) is 15.3 Å². The number of rotatable bonds is 3. The maximum Gasteiger partial charge on any atom is 0.252 e. The van der Waals surface area contributed by atoms with Gasteiger partial charge in [0, 0.05) is 24.2 Å². The fraction of sp³-hybridized carbons (Fsp3) is 0.214. The minimum Gasteiger partial charge on any atom is -0.342 e. The molecule has 92 valence electrons. The number of carbonyl (C=O) groups excluding carboxylic acids is 1. The van der Waals surface area contributed by atoms with Crippen LogP contribution in [0.25, 0.3) is 0 Å². The Labute approximate surface area is 106 Å². The molecule has 0 unspecified atom stereocenters. The Morgan fingerprint density at radius 1 is 1.11 bits per heavy atom. The van der Waals surface area contributed by atoms with Crippen LogP contribution in [0.5, 0.6) is 0 Å². The highest BCUT2D eigenvalue weighted by molar-refractivity contribution is 5.94. The minimum absolute atomic E-state index is 0.131. The number of hydrogen-bond donors (Lipinski definition) is 1. The maximum atomic E-state index is 12.1. The van der Waals surface area contributed by atoms with E-state index in [4.69, 9.17) is 0 Å². The van der Waals surface area contributed by atoms with Crippen LogP contribution in [-0.2, 0) is 5.54 Å². The van der Waals surface area contributed by atoms with Crippen molar-refractivity contribution in [3.8, 4) is 0 Å². The zero-order valence-electron chi connectivity index (χ0n) is 10.4. The monoisotopic (exact) mass is 241 g/mol. The first-order valence-electron chi connectivity index (χ1n) is 5.74. The van der Waals surface area contributed by atoms with Crippen LogP contribution >= 0.6 is 0 Å². The SMILES string of the molecule is CC(C)(NC(=O)c1ccncc1)c1ccccn1. The summed E-state index contributed by atoms with van der Waals surface area (Å²) in [5.74, 6) is -0.131. The van der Waals surface area contributed by atoms with E-state index in [0.29, 0.717) is 5.56 Å². The highest BCUT2D eigenvalue weighted by Crippen LogP contribution is 2.17. The van der Waals surface area contributed by atoms with Gasteiger partial charge >= 0.3 is 0 Å². The van der Waals surface area contributed by atoms with Crippen molar-refractivity contribution in [3.05, 3.63) is 60.2 Å². The zero-order valence-corrected chi connectivity index (χ0v) is 10.4. The van der Waals surface area contributed by atoms with Gasteiger partial charge in [-0.05, 0) is 38.1 Å². The molecular weight excluding hydrogens is 226 g/mol. The minimum atomic E-state index is -0.512. The highest BCUT2D eigenvalue weighted by atomic mass is 16.1. The van der Waals surface area contributed by atoms with Crippen molar-refractivity contribution in [1.29, 1.82) is 0 Å². The van der Waals surface area contributed by atoms with Gasteiger partial charge in [-0.1, -0.05) is 6.07 Å². The van der Waals surface area contributed by atoms with Crippen LogP contribution in [0.3, 0.4) is 0 Å². The number of pyridine rings is 2. The lowest BCUT2D eigenvalue weighted by Crippen LogP contribution is -2.41. The van der Waals surface area contributed by atoms with Crippen LogP contribution in [-0.4, -0.2) is 15.9 Å². The summed E-state index contributed by atoms with van der Waals surface area (Å²) in [5, 5.41) is 2.96. The van der Waals surface area contributed by atoms with E-state index in [1.54, 1.807) is 30.7 Å². The van der Waals surface area contributed by atoms with E-state index in [9.17, 15) is 4.79 Å². The predicted octanol–water partition coefficient (Wildman–Crippen LogP) is 2.14. The molecule has 2 aromatic rings. The molecule has 2 rings (SSSR count). The molecule has 0 radical (unpaired) electrons. The van der Waals surface area contributed by atoms with Crippen molar-refractivity contribution < 1.29 is 4.79 Å². The summed E-state index contributed by atoms with van der Waals surface area (Å²) in [5.41, 5.74) is 0.906. The third kappa shape index (κ3) is 2.71. The normalized spacial score (nSPS) is 11.0. The topological polar surface area (TPSA) is 54.9 Å². The largest absolute Gasteiger partial charge is 0.342 e. The molecule has 0 fully saturated rings. The van der Waals surface area contributed by atoms with Gasteiger partial charge < -0.3 is 5.32 Å². The van der Waals surface area contributed by atoms with Crippen molar-refractivity contribution in [2.75, 3.05) is 0 Å². The molecule has 2 heterocycles. The number of nitrogens with one attached hydrogen (secondary N) is 1. The highest BCUT2D eigenvalue weighted by Gasteiger charge is 2.24. The van der Waals surface area contributed by atoms with E-state index in [-0.39, 0.29) is 5.91 Å². The number of aromatic nitrogens is 2. The van der Waals surface area contributed by atoms with Crippen molar-refractivity contribution >= 4 is 5.91 Å². The van der Waals surface area contributed by atoms with Gasteiger partial charge in [0.1, 0.15) is 0 Å². The van der Waals surface area contributed by atoms with Crippen molar-refractivity contribution in [3.63, 3.8) is 0 Å². The molecule has 0 aliphatic heterocycles. The van der Waals surface area contributed by atoms with Crippen LogP contribution in [0.15, 0.2) is 48.9 Å². The fourth-order valence-corrected chi connectivity index (χ4v) is 1.66. The smallest absolute Gasteiger partial charge is 0.252 e. The molecule has 0 aromatic carbocycles. The molecule has 2 aromatic heterocycles. The maximum absolute atomic E-state index is 12.1. The van der Waals surface area contributed by atoms with Crippen LogP contribution in [0, 0.1) is 0 Å². The van der Waals surface area contributed by atoms with Gasteiger partial charge in [0.25, 0.3) is 5.91 Å². The van der Waals surface area contributed by atoms with Gasteiger partial charge in [-0.25, -0.2) is 0 Å². The standard InChI is InChI=1S/C14H15N3O/c1-14(2,12-5-3-4-8-16-12)17-13(18)11-6-9-15-10-7-11/h3-10H,1-2H3,(H,17,18). The number of carbonyl (C=O) groups is 1. The summed E-state index contributed by atoms with van der Waals surface area (Å²) in [6, 6.07) is 9.02. The Balaban J connectivity index is 2.17. The molecule has 0 saturated heterocycles.